The Bertz CT molecular complexity index is 278. The molecule has 0 spiro atoms. The Morgan fingerprint density at radius 3 is 2.79 bits per heavy atom. The van der Waals surface area contributed by atoms with Gasteiger partial charge in [0, 0.05) is 0 Å². The van der Waals surface area contributed by atoms with Crippen LogP contribution in [-0.4, -0.2) is 35.4 Å². The van der Waals surface area contributed by atoms with Crippen LogP contribution in [0.4, 0.5) is 4.79 Å². The van der Waals surface area contributed by atoms with Crippen LogP contribution in [0, 0.1) is 0 Å². The predicted octanol–water partition coefficient (Wildman–Crippen LogP) is -1.69. The molecule has 78 valence electrons. The van der Waals surface area contributed by atoms with Gasteiger partial charge >= 0.3 is 6.03 Å². The zero-order valence-corrected chi connectivity index (χ0v) is 7.74. The van der Waals surface area contributed by atoms with Crippen LogP contribution >= 0.6 is 0 Å². The number of nitrogens with two attached hydrogens (primary N) is 1. The van der Waals surface area contributed by atoms with Crippen LogP contribution in [0.2, 0.25) is 0 Å². The molecule has 0 aromatic rings. The maximum atomic E-state index is 11.2. The van der Waals surface area contributed by atoms with E-state index in [0.717, 1.165) is 5.01 Å². The van der Waals surface area contributed by atoms with Crippen molar-refractivity contribution in [2.75, 3.05) is 6.54 Å². The number of nitrogens with one attached hydrogen (secondary N) is 2. The largest absolute Gasteiger partial charge is 0.343 e. The van der Waals surface area contributed by atoms with Gasteiger partial charge in [-0.1, -0.05) is 6.92 Å². The van der Waals surface area contributed by atoms with E-state index in [4.69, 9.17) is 5.73 Å². The third-order valence-corrected chi connectivity index (χ3v) is 1.81. The van der Waals surface area contributed by atoms with Gasteiger partial charge in [0.25, 0.3) is 5.91 Å². The average Bonchev–Trinajstić information content (AvgIpc) is 2.44. The maximum absolute atomic E-state index is 11.2. The van der Waals surface area contributed by atoms with Gasteiger partial charge in [0.1, 0.15) is 6.54 Å². The minimum Gasteiger partial charge on any atom is -0.320 e. The van der Waals surface area contributed by atoms with Gasteiger partial charge in [-0.2, -0.15) is 0 Å². The van der Waals surface area contributed by atoms with E-state index in [1.54, 1.807) is 6.92 Å². The highest BCUT2D eigenvalue weighted by Crippen LogP contribution is 1.95. The summed E-state index contributed by atoms with van der Waals surface area (Å²) >= 11 is 0. The number of hydrogen-bond donors (Lipinski definition) is 3. The zero-order chi connectivity index (χ0) is 10.7. The minimum absolute atomic E-state index is 0.166. The summed E-state index contributed by atoms with van der Waals surface area (Å²) in [5.41, 5.74) is 7.67. The van der Waals surface area contributed by atoms with E-state index in [1.807, 2.05) is 5.32 Å². The first-order chi connectivity index (χ1) is 6.54. The first-order valence-electron chi connectivity index (χ1n) is 4.22. The van der Waals surface area contributed by atoms with E-state index in [0.29, 0.717) is 6.42 Å². The number of hydrogen-bond acceptors (Lipinski definition) is 4. The lowest BCUT2D eigenvalue weighted by Crippen LogP contribution is -2.50. The van der Waals surface area contributed by atoms with Crippen LogP contribution in [0.25, 0.3) is 0 Å². The maximum Gasteiger partial charge on any atom is 0.343 e. The van der Waals surface area contributed by atoms with E-state index >= 15 is 0 Å². The van der Waals surface area contributed by atoms with Crippen LogP contribution in [0.3, 0.4) is 0 Å². The van der Waals surface area contributed by atoms with Gasteiger partial charge in [0.05, 0.1) is 6.04 Å². The molecular weight excluding hydrogens is 188 g/mol. The summed E-state index contributed by atoms with van der Waals surface area (Å²) in [6, 6.07) is -1.30. The Balaban J connectivity index is 2.49. The summed E-state index contributed by atoms with van der Waals surface area (Å²) in [5.74, 6) is -0.919. The third kappa shape index (κ3) is 2.19. The number of rotatable bonds is 3. The molecule has 1 atom stereocenters. The second-order valence-electron chi connectivity index (χ2n) is 2.93. The lowest BCUT2D eigenvalue weighted by molar-refractivity contribution is -0.126. The molecule has 0 radical (unpaired) electrons. The van der Waals surface area contributed by atoms with Crippen LogP contribution in [0.15, 0.2) is 0 Å². The Morgan fingerprint density at radius 1 is 1.71 bits per heavy atom. The molecule has 1 unspecified atom stereocenters. The molecule has 7 nitrogen and oxygen atoms in total. The zero-order valence-electron chi connectivity index (χ0n) is 7.74. The quantitative estimate of drug-likeness (QED) is 0.472. The topological polar surface area (TPSA) is 105 Å². The van der Waals surface area contributed by atoms with Gasteiger partial charge in [-0.15, -0.1) is 0 Å². The van der Waals surface area contributed by atoms with Crippen molar-refractivity contribution in [2.24, 2.45) is 5.73 Å². The lowest BCUT2D eigenvalue weighted by Gasteiger charge is -2.16. The summed E-state index contributed by atoms with van der Waals surface area (Å²) in [4.78, 5) is 32.9. The molecule has 14 heavy (non-hydrogen) atoms. The normalized spacial score (nSPS) is 18.0. The van der Waals surface area contributed by atoms with Crippen molar-refractivity contribution in [3.63, 3.8) is 0 Å². The first kappa shape index (κ1) is 10.5. The molecular formula is C7H12N4O3. The van der Waals surface area contributed by atoms with Gasteiger partial charge in [0.2, 0.25) is 5.91 Å². The van der Waals surface area contributed by atoms with Crippen LogP contribution in [0.5, 0.6) is 0 Å². The Labute approximate surface area is 80.6 Å². The van der Waals surface area contributed by atoms with Crippen molar-refractivity contribution in [3.8, 4) is 0 Å². The molecule has 1 aliphatic heterocycles. The van der Waals surface area contributed by atoms with Gasteiger partial charge < -0.3 is 5.73 Å². The second kappa shape index (κ2) is 4.05. The highest BCUT2D eigenvalue weighted by atomic mass is 16.2. The molecule has 0 bridgehead atoms. The average molecular weight is 200 g/mol. The first-order valence-corrected chi connectivity index (χ1v) is 4.22. The molecule has 1 saturated heterocycles. The smallest absolute Gasteiger partial charge is 0.320 e. The number of urea groups is 1. The van der Waals surface area contributed by atoms with E-state index in [2.05, 4.69) is 5.43 Å². The Hall–Kier alpha value is -1.63. The minimum atomic E-state index is -0.668. The molecule has 1 fully saturated rings. The van der Waals surface area contributed by atoms with Gasteiger partial charge in [-0.05, 0) is 6.42 Å². The summed E-state index contributed by atoms with van der Waals surface area (Å²) < 4.78 is 0. The van der Waals surface area contributed by atoms with E-state index < -0.39 is 23.9 Å². The van der Waals surface area contributed by atoms with Crippen LogP contribution < -0.4 is 16.5 Å². The SMILES string of the molecule is CCC(N)C(=O)NN1CC(=O)NC1=O. The van der Waals surface area contributed by atoms with Crippen molar-refractivity contribution >= 4 is 17.8 Å². The van der Waals surface area contributed by atoms with Crippen molar-refractivity contribution in [1.29, 1.82) is 0 Å². The van der Waals surface area contributed by atoms with E-state index in [1.165, 1.54) is 0 Å². The lowest BCUT2D eigenvalue weighted by atomic mass is 10.2. The Morgan fingerprint density at radius 2 is 2.36 bits per heavy atom. The second-order valence-corrected chi connectivity index (χ2v) is 2.93. The molecule has 4 amide bonds. The third-order valence-electron chi connectivity index (χ3n) is 1.81. The van der Waals surface area contributed by atoms with Gasteiger partial charge in [0.15, 0.2) is 0 Å². The van der Waals surface area contributed by atoms with Crippen molar-refractivity contribution < 1.29 is 14.4 Å². The van der Waals surface area contributed by atoms with Crippen LogP contribution in [-0.2, 0) is 9.59 Å². The molecule has 1 aliphatic rings. The highest BCUT2D eigenvalue weighted by molar-refractivity contribution is 6.02. The summed E-state index contributed by atoms with van der Waals surface area (Å²) in [6.07, 6.45) is 0.467. The predicted molar refractivity (Wildman–Crippen MR) is 46.7 cm³/mol. The molecule has 0 aliphatic carbocycles. The fourth-order valence-corrected chi connectivity index (χ4v) is 0.933. The fraction of sp³-hybridized carbons (Fsp3) is 0.571. The number of carbonyl (C=O) groups is 3. The number of amides is 4. The molecule has 1 heterocycles. The molecule has 0 aromatic carbocycles. The monoisotopic (exact) mass is 200 g/mol. The molecule has 1 rings (SSSR count). The standard InChI is InChI=1S/C7H12N4O3/c1-2-4(8)6(13)10-11-3-5(12)9-7(11)14/h4H,2-3,8H2,1H3,(H,10,13)(H,9,12,14). The molecule has 7 heteroatoms. The van der Waals surface area contributed by atoms with E-state index in [-0.39, 0.29) is 6.54 Å². The summed E-state index contributed by atoms with van der Waals surface area (Å²) in [5, 5.41) is 2.92. The molecule has 4 N–H and O–H groups in total. The van der Waals surface area contributed by atoms with Crippen molar-refractivity contribution in [1.82, 2.24) is 15.8 Å². The van der Waals surface area contributed by atoms with E-state index in [9.17, 15) is 14.4 Å². The number of carbonyl (C=O) groups excluding carboxylic acids is 3. The molecule has 0 aromatic heterocycles. The highest BCUT2D eigenvalue weighted by Gasteiger charge is 2.28. The fourth-order valence-electron chi connectivity index (χ4n) is 0.933. The van der Waals surface area contributed by atoms with Crippen molar-refractivity contribution in [2.45, 2.75) is 19.4 Å². The van der Waals surface area contributed by atoms with Gasteiger partial charge in [-0.3, -0.25) is 20.3 Å². The van der Waals surface area contributed by atoms with Crippen molar-refractivity contribution in [3.05, 3.63) is 0 Å². The van der Waals surface area contributed by atoms with Crippen LogP contribution in [0.1, 0.15) is 13.3 Å². The number of hydrazine groups is 1. The summed E-state index contributed by atoms with van der Waals surface area (Å²) in [7, 11) is 0. The van der Waals surface area contributed by atoms with Gasteiger partial charge in [-0.25, -0.2) is 9.80 Å². The number of imide groups is 1. The Kier molecular flexibility index (Phi) is 3.03. The molecule has 0 saturated carbocycles. The number of nitrogens with zero attached hydrogens (tertiary/aromatic N) is 1. The summed E-state index contributed by atoms with van der Waals surface area (Å²) in [6.45, 7) is 1.58.